The average molecular weight is 278 g/mol. The number of benzene rings is 1. The third kappa shape index (κ3) is 3.91. The van der Waals surface area contributed by atoms with Crippen LogP contribution in [0.2, 0.25) is 0 Å². The standard InChI is InChI=1S/C15H16F2N2O/c1-2-8-18-15-5-3-4-11(19-15)10-20-12-6-7-13(16)14(17)9-12/h3-7,9H,2,8,10H2,1H3,(H,18,19). The minimum Gasteiger partial charge on any atom is -0.487 e. The molecule has 3 nitrogen and oxygen atoms in total. The van der Waals surface area contributed by atoms with Gasteiger partial charge >= 0.3 is 0 Å². The number of rotatable bonds is 6. The highest BCUT2D eigenvalue weighted by atomic mass is 19.2. The lowest BCUT2D eigenvalue weighted by atomic mass is 10.3. The molecule has 1 N–H and O–H groups in total. The van der Waals surface area contributed by atoms with Gasteiger partial charge < -0.3 is 10.1 Å². The van der Waals surface area contributed by atoms with E-state index in [2.05, 4.69) is 17.2 Å². The number of nitrogens with zero attached hydrogens (tertiary/aromatic N) is 1. The smallest absolute Gasteiger partial charge is 0.162 e. The van der Waals surface area contributed by atoms with Gasteiger partial charge in [0.05, 0.1) is 5.69 Å². The molecule has 0 radical (unpaired) electrons. The van der Waals surface area contributed by atoms with Gasteiger partial charge in [-0.15, -0.1) is 0 Å². The minimum atomic E-state index is -0.922. The first-order valence-electron chi connectivity index (χ1n) is 6.46. The van der Waals surface area contributed by atoms with E-state index < -0.39 is 11.6 Å². The molecule has 106 valence electrons. The normalized spacial score (nSPS) is 10.3. The van der Waals surface area contributed by atoms with Crippen LogP contribution in [0.25, 0.3) is 0 Å². The van der Waals surface area contributed by atoms with E-state index >= 15 is 0 Å². The highest BCUT2D eigenvalue weighted by Crippen LogP contribution is 2.17. The largest absolute Gasteiger partial charge is 0.487 e. The number of hydrogen-bond donors (Lipinski definition) is 1. The highest BCUT2D eigenvalue weighted by Gasteiger charge is 2.04. The molecule has 1 aromatic carbocycles. The van der Waals surface area contributed by atoms with Crippen LogP contribution in [0.4, 0.5) is 14.6 Å². The van der Waals surface area contributed by atoms with Crippen molar-refractivity contribution >= 4 is 5.82 Å². The molecule has 0 aliphatic rings. The van der Waals surface area contributed by atoms with E-state index in [1.165, 1.54) is 6.07 Å². The van der Waals surface area contributed by atoms with Gasteiger partial charge in [0.25, 0.3) is 0 Å². The molecule has 0 atom stereocenters. The lowest BCUT2D eigenvalue weighted by Crippen LogP contribution is -2.05. The molecule has 0 aliphatic heterocycles. The van der Waals surface area contributed by atoms with Crippen LogP contribution in [-0.2, 0) is 6.61 Å². The van der Waals surface area contributed by atoms with Crippen molar-refractivity contribution in [2.45, 2.75) is 20.0 Å². The quantitative estimate of drug-likeness (QED) is 0.873. The summed E-state index contributed by atoms with van der Waals surface area (Å²) in [6.07, 6.45) is 1.01. The molecule has 2 aromatic rings. The van der Waals surface area contributed by atoms with Gasteiger partial charge in [-0.25, -0.2) is 13.8 Å². The van der Waals surface area contributed by atoms with Crippen molar-refractivity contribution < 1.29 is 13.5 Å². The molecule has 5 heteroatoms. The summed E-state index contributed by atoms with van der Waals surface area (Å²) in [6, 6.07) is 9.01. The van der Waals surface area contributed by atoms with Crippen LogP contribution in [0.1, 0.15) is 19.0 Å². The average Bonchev–Trinajstić information content (AvgIpc) is 2.47. The Morgan fingerprint density at radius 2 is 2.00 bits per heavy atom. The van der Waals surface area contributed by atoms with Gasteiger partial charge in [-0.3, -0.25) is 0 Å². The molecule has 0 amide bonds. The summed E-state index contributed by atoms with van der Waals surface area (Å²) in [5.74, 6) is -0.758. The molecule has 2 rings (SSSR count). The molecule has 0 fully saturated rings. The molecule has 1 heterocycles. The third-order valence-electron chi connectivity index (χ3n) is 2.64. The van der Waals surface area contributed by atoms with Crippen LogP contribution in [0.3, 0.4) is 0 Å². The number of hydrogen-bond acceptors (Lipinski definition) is 3. The fraction of sp³-hybridized carbons (Fsp3) is 0.267. The highest BCUT2D eigenvalue weighted by molar-refractivity contribution is 5.35. The first-order valence-corrected chi connectivity index (χ1v) is 6.46. The number of halogens is 2. The Labute approximate surface area is 116 Å². The topological polar surface area (TPSA) is 34.1 Å². The summed E-state index contributed by atoms with van der Waals surface area (Å²) < 4.78 is 31.2. The van der Waals surface area contributed by atoms with E-state index in [1.54, 1.807) is 0 Å². The molecule has 0 aliphatic carbocycles. The van der Waals surface area contributed by atoms with Crippen LogP contribution in [0.15, 0.2) is 36.4 Å². The maximum atomic E-state index is 13.0. The van der Waals surface area contributed by atoms with Crippen molar-refractivity contribution in [3.63, 3.8) is 0 Å². The van der Waals surface area contributed by atoms with E-state index in [0.717, 1.165) is 36.6 Å². The fourth-order valence-corrected chi connectivity index (χ4v) is 1.64. The summed E-state index contributed by atoms with van der Waals surface area (Å²) in [5.41, 5.74) is 0.718. The van der Waals surface area contributed by atoms with Gasteiger partial charge in [0.1, 0.15) is 18.2 Å². The Kier molecular flexibility index (Phi) is 4.87. The fourth-order valence-electron chi connectivity index (χ4n) is 1.64. The van der Waals surface area contributed by atoms with Crippen LogP contribution in [0.5, 0.6) is 5.75 Å². The number of aromatic nitrogens is 1. The molecule has 0 unspecified atom stereocenters. The molecule has 0 saturated carbocycles. The van der Waals surface area contributed by atoms with E-state index in [-0.39, 0.29) is 12.4 Å². The van der Waals surface area contributed by atoms with Gasteiger partial charge in [0.2, 0.25) is 0 Å². The van der Waals surface area contributed by atoms with E-state index in [1.807, 2.05) is 18.2 Å². The first-order chi connectivity index (χ1) is 9.69. The SMILES string of the molecule is CCCNc1cccc(COc2ccc(F)c(F)c2)n1. The zero-order chi connectivity index (χ0) is 14.4. The zero-order valence-corrected chi connectivity index (χ0v) is 11.2. The van der Waals surface area contributed by atoms with Gasteiger partial charge in [-0.1, -0.05) is 13.0 Å². The number of nitrogens with one attached hydrogen (secondary N) is 1. The molecular weight excluding hydrogens is 262 g/mol. The Balaban J connectivity index is 1.97. The van der Waals surface area contributed by atoms with Crippen molar-refractivity contribution in [1.29, 1.82) is 0 Å². The summed E-state index contributed by atoms with van der Waals surface area (Å²) in [5, 5.41) is 3.17. The third-order valence-corrected chi connectivity index (χ3v) is 2.64. The second-order valence-corrected chi connectivity index (χ2v) is 4.31. The number of pyridine rings is 1. The predicted octanol–water partition coefficient (Wildman–Crippen LogP) is 3.76. The molecule has 20 heavy (non-hydrogen) atoms. The number of anilines is 1. The second-order valence-electron chi connectivity index (χ2n) is 4.31. The lowest BCUT2D eigenvalue weighted by molar-refractivity contribution is 0.298. The second kappa shape index (κ2) is 6.84. The predicted molar refractivity (Wildman–Crippen MR) is 73.7 cm³/mol. The maximum Gasteiger partial charge on any atom is 0.162 e. The monoisotopic (exact) mass is 278 g/mol. The Morgan fingerprint density at radius 1 is 1.15 bits per heavy atom. The van der Waals surface area contributed by atoms with E-state index in [0.29, 0.717) is 0 Å². The van der Waals surface area contributed by atoms with E-state index in [4.69, 9.17) is 4.74 Å². The van der Waals surface area contributed by atoms with E-state index in [9.17, 15) is 8.78 Å². The van der Waals surface area contributed by atoms with Gasteiger partial charge in [0.15, 0.2) is 11.6 Å². The molecule has 1 aromatic heterocycles. The minimum absolute atomic E-state index is 0.201. The first kappa shape index (κ1) is 14.2. The summed E-state index contributed by atoms with van der Waals surface area (Å²) in [6.45, 7) is 3.12. The summed E-state index contributed by atoms with van der Waals surface area (Å²) >= 11 is 0. The zero-order valence-electron chi connectivity index (χ0n) is 11.2. The van der Waals surface area contributed by atoms with Gasteiger partial charge in [0, 0.05) is 12.6 Å². The number of ether oxygens (including phenoxy) is 1. The lowest BCUT2D eigenvalue weighted by Gasteiger charge is -2.08. The molecular formula is C15H16F2N2O. The summed E-state index contributed by atoms with van der Waals surface area (Å²) in [4.78, 5) is 4.36. The van der Waals surface area contributed by atoms with Crippen LogP contribution < -0.4 is 10.1 Å². The van der Waals surface area contributed by atoms with Crippen molar-refractivity contribution in [2.24, 2.45) is 0 Å². The van der Waals surface area contributed by atoms with Crippen molar-refractivity contribution in [1.82, 2.24) is 4.98 Å². The summed E-state index contributed by atoms with van der Waals surface area (Å²) in [7, 11) is 0. The van der Waals surface area contributed by atoms with Crippen LogP contribution in [0, 0.1) is 11.6 Å². The Bertz CT molecular complexity index is 576. The Hall–Kier alpha value is -2.17. The van der Waals surface area contributed by atoms with Crippen molar-refractivity contribution in [3.05, 3.63) is 53.7 Å². The molecule has 0 saturated heterocycles. The van der Waals surface area contributed by atoms with Gasteiger partial charge in [-0.2, -0.15) is 0 Å². The van der Waals surface area contributed by atoms with Crippen LogP contribution >= 0.6 is 0 Å². The van der Waals surface area contributed by atoms with Crippen molar-refractivity contribution in [3.8, 4) is 5.75 Å². The van der Waals surface area contributed by atoms with Crippen LogP contribution in [-0.4, -0.2) is 11.5 Å². The maximum absolute atomic E-state index is 13.0. The van der Waals surface area contributed by atoms with Gasteiger partial charge in [-0.05, 0) is 30.7 Å². The molecule has 0 spiro atoms. The van der Waals surface area contributed by atoms with Crippen molar-refractivity contribution in [2.75, 3.05) is 11.9 Å². The Morgan fingerprint density at radius 3 is 2.75 bits per heavy atom. The molecule has 0 bridgehead atoms.